The summed E-state index contributed by atoms with van der Waals surface area (Å²) in [5.74, 6) is -1.45. The van der Waals surface area contributed by atoms with E-state index in [1.54, 1.807) is 48.5 Å². The van der Waals surface area contributed by atoms with Crippen LogP contribution < -0.4 is 10.5 Å². The summed E-state index contributed by atoms with van der Waals surface area (Å²) < 4.78 is 40.4. The molecule has 1 atom stereocenters. The van der Waals surface area contributed by atoms with E-state index >= 15 is 4.39 Å². The molecule has 1 unspecified atom stereocenters. The van der Waals surface area contributed by atoms with Crippen LogP contribution in [0.1, 0.15) is 17.4 Å². The SMILES string of the molecule is COCc1ccnn1CC(c1ccc(-c2c(-n3cnnn3)ccc(Cl)c2F)c[n+]1[O-])n1cc(-c2ccc(N)nc2F)cn1. The van der Waals surface area contributed by atoms with E-state index in [1.165, 1.54) is 46.3 Å². The summed E-state index contributed by atoms with van der Waals surface area (Å²) in [4.78, 5) is 3.68. The van der Waals surface area contributed by atoms with Gasteiger partial charge < -0.3 is 15.7 Å². The van der Waals surface area contributed by atoms with Crippen molar-refractivity contribution in [3.8, 4) is 27.9 Å². The van der Waals surface area contributed by atoms with Crippen LogP contribution in [0.2, 0.25) is 5.02 Å². The Balaban J connectivity index is 1.44. The molecule has 0 saturated carbocycles. The van der Waals surface area contributed by atoms with Gasteiger partial charge in [-0.15, -0.1) is 5.10 Å². The number of pyridine rings is 2. The molecule has 0 amide bonds. The largest absolute Gasteiger partial charge is 0.618 e. The van der Waals surface area contributed by atoms with Gasteiger partial charge in [0.05, 0.1) is 46.9 Å². The molecule has 0 radical (unpaired) electrons. The molecule has 0 aliphatic heterocycles. The van der Waals surface area contributed by atoms with Crippen LogP contribution in [0, 0.1) is 17.0 Å². The van der Waals surface area contributed by atoms with Gasteiger partial charge in [0.25, 0.3) is 0 Å². The number of methoxy groups -OCH3 is 1. The zero-order valence-corrected chi connectivity index (χ0v) is 23.2. The first kappa shape index (κ1) is 27.9. The van der Waals surface area contributed by atoms with E-state index < -0.39 is 17.8 Å². The van der Waals surface area contributed by atoms with Crippen LogP contribution in [-0.2, 0) is 17.9 Å². The highest BCUT2D eigenvalue weighted by Gasteiger charge is 2.27. The first-order valence-electron chi connectivity index (χ1n) is 12.7. The smallest absolute Gasteiger partial charge is 0.222 e. The van der Waals surface area contributed by atoms with Crippen molar-refractivity contribution < 1.29 is 18.2 Å². The van der Waals surface area contributed by atoms with E-state index in [0.29, 0.717) is 10.3 Å². The summed E-state index contributed by atoms with van der Waals surface area (Å²) in [6, 6.07) is 10.1. The number of anilines is 1. The summed E-state index contributed by atoms with van der Waals surface area (Å²) >= 11 is 6.10. The topological polar surface area (TPSA) is 154 Å². The number of nitrogens with zero attached hydrogens (tertiary/aromatic N) is 10. The van der Waals surface area contributed by atoms with Crippen molar-refractivity contribution >= 4 is 17.4 Å². The number of tetrazole rings is 1. The molecule has 6 aromatic rings. The monoisotopic (exact) mass is 605 g/mol. The Labute approximate surface area is 247 Å². The number of hydrogen-bond donors (Lipinski definition) is 1. The molecule has 218 valence electrons. The van der Waals surface area contributed by atoms with Gasteiger partial charge in [-0.3, -0.25) is 9.36 Å². The van der Waals surface area contributed by atoms with Crippen LogP contribution in [-0.4, -0.2) is 51.9 Å². The first-order chi connectivity index (χ1) is 20.8. The maximum atomic E-state index is 15.4. The summed E-state index contributed by atoms with van der Waals surface area (Å²) in [5, 5.41) is 33.4. The molecule has 16 heteroatoms. The van der Waals surface area contributed by atoms with Crippen molar-refractivity contribution in [1.29, 1.82) is 0 Å². The quantitative estimate of drug-likeness (QED) is 0.148. The molecule has 0 saturated heterocycles. The molecule has 13 nitrogen and oxygen atoms in total. The van der Waals surface area contributed by atoms with Crippen molar-refractivity contribution in [2.45, 2.75) is 19.2 Å². The van der Waals surface area contributed by atoms with Gasteiger partial charge in [0, 0.05) is 36.7 Å². The summed E-state index contributed by atoms with van der Waals surface area (Å²) in [6.07, 6.45) is 7.22. The third kappa shape index (κ3) is 5.38. The predicted octanol–water partition coefficient (Wildman–Crippen LogP) is 3.37. The Hall–Kier alpha value is -5.28. The van der Waals surface area contributed by atoms with Gasteiger partial charge in [0.1, 0.15) is 12.1 Å². The molecule has 6 rings (SSSR count). The van der Waals surface area contributed by atoms with Crippen LogP contribution in [0.25, 0.3) is 27.9 Å². The summed E-state index contributed by atoms with van der Waals surface area (Å²) in [7, 11) is 1.56. The van der Waals surface area contributed by atoms with Crippen LogP contribution in [0.15, 0.2) is 73.6 Å². The van der Waals surface area contributed by atoms with E-state index in [1.807, 2.05) is 0 Å². The van der Waals surface area contributed by atoms with Gasteiger partial charge >= 0.3 is 0 Å². The zero-order valence-electron chi connectivity index (χ0n) is 22.4. The molecule has 43 heavy (non-hydrogen) atoms. The second kappa shape index (κ2) is 11.5. The molecule has 1 aromatic carbocycles. The molecule has 0 spiro atoms. The van der Waals surface area contributed by atoms with Gasteiger partial charge in [0.15, 0.2) is 18.1 Å². The highest BCUT2D eigenvalue weighted by molar-refractivity contribution is 6.31. The average Bonchev–Trinajstić information content (AvgIpc) is 3.77. The van der Waals surface area contributed by atoms with Gasteiger partial charge in [-0.05, 0) is 46.8 Å². The zero-order chi connectivity index (χ0) is 30.1. The van der Waals surface area contributed by atoms with Crippen LogP contribution in [0.3, 0.4) is 0 Å². The lowest BCUT2D eigenvalue weighted by Gasteiger charge is -2.19. The van der Waals surface area contributed by atoms with Gasteiger partial charge in [-0.25, -0.2) is 9.37 Å². The number of benzene rings is 1. The Morgan fingerprint density at radius 2 is 1.95 bits per heavy atom. The Morgan fingerprint density at radius 3 is 2.70 bits per heavy atom. The molecule has 2 N–H and O–H groups in total. The van der Waals surface area contributed by atoms with E-state index in [2.05, 4.69) is 30.7 Å². The molecular weight excluding hydrogens is 584 g/mol. The van der Waals surface area contributed by atoms with Crippen LogP contribution in [0.4, 0.5) is 14.6 Å². The fourth-order valence-electron chi connectivity index (χ4n) is 4.76. The third-order valence-electron chi connectivity index (χ3n) is 6.79. The lowest BCUT2D eigenvalue weighted by molar-refractivity contribution is -0.615. The standard InChI is InChI=1S/C27H22ClF2N11O2/c1-43-14-18-8-9-33-38(18)13-23(39-11-17(10-34-39)19-3-7-24(31)35-27(19)30)21-5-2-16(12-41(21)42)25-22(40-15-32-36-37-40)6-4-20(28)26(25)29/h2-12,15,23H,13-14H2,1H3,(H2,31,35). The second-order valence-electron chi connectivity index (χ2n) is 9.42. The van der Waals surface area contributed by atoms with Gasteiger partial charge in [0.2, 0.25) is 11.6 Å². The lowest BCUT2D eigenvalue weighted by atomic mass is 10.0. The van der Waals surface area contributed by atoms with Gasteiger partial charge in [-0.2, -0.15) is 24.0 Å². The molecule has 0 bridgehead atoms. The fraction of sp³-hybridized carbons (Fsp3) is 0.148. The number of ether oxygens (including phenoxy) is 1. The average molecular weight is 606 g/mol. The normalized spacial score (nSPS) is 12.1. The van der Waals surface area contributed by atoms with Crippen molar-refractivity contribution in [3.63, 3.8) is 0 Å². The minimum Gasteiger partial charge on any atom is -0.618 e. The maximum Gasteiger partial charge on any atom is 0.222 e. The molecule has 0 aliphatic rings. The van der Waals surface area contributed by atoms with Gasteiger partial charge in [-0.1, -0.05) is 11.6 Å². The van der Waals surface area contributed by atoms with Crippen molar-refractivity contribution in [3.05, 3.63) is 107 Å². The molecular formula is C27H22ClF2N11O2. The Morgan fingerprint density at radius 1 is 1.09 bits per heavy atom. The molecule has 5 heterocycles. The first-order valence-corrected chi connectivity index (χ1v) is 13.1. The van der Waals surface area contributed by atoms with E-state index in [0.717, 1.165) is 5.69 Å². The van der Waals surface area contributed by atoms with Crippen molar-refractivity contribution in [2.75, 3.05) is 12.8 Å². The molecule has 0 aliphatic carbocycles. The predicted molar refractivity (Wildman–Crippen MR) is 149 cm³/mol. The van der Waals surface area contributed by atoms with Crippen LogP contribution >= 0.6 is 11.6 Å². The number of rotatable bonds is 9. The van der Waals surface area contributed by atoms with E-state index in [-0.39, 0.29) is 52.1 Å². The second-order valence-corrected chi connectivity index (χ2v) is 9.82. The maximum absolute atomic E-state index is 15.4. The number of nitrogens with two attached hydrogens (primary N) is 1. The number of halogens is 3. The number of hydrogen-bond acceptors (Lipinski definition) is 9. The lowest BCUT2D eigenvalue weighted by Crippen LogP contribution is -2.37. The third-order valence-corrected chi connectivity index (χ3v) is 7.08. The van der Waals surface area contributed by atoms with Crippen LogP contribution in [0.5, 0.6) is 0 Å². The summed E-state index contributed by atoms with van der Waals surface area (Å²) in [6.45, 7) is 0.446. The fourth-order valence-corrected chi connectivity index (χ4v) is 4.92. The Kier molecular flexibility index (Phi) is 7.48. The van der Waals surface area contributed by atoms with E-state index in [4.69, 9.17) is 22.1 Å². The number of aromatic nitrogens is 10. The van der Waals surface area contributed by atoms with Crippen molar-refractivity contribution in [1.82, 2.24) is 44.8 Å². The highest BCUT2D eigenvalue weighted by Crippen LogP contribution is 2.33. The highest BCUT2D eigenvalue weighted by atomic mass is 35.5. The molecule has 5 aromatic heterocycles. The summed E-state index contributed by atoms with van der Waals surface area (Å²) in [5.41, 5.74) is 7.78. The van der Waals surface area contributed by atoms with Crippen molar-refractivity contribution in [2.24, 2.45) is 0 Å². The minimum atomic E-state index is -0.754. The number of nitrogen functional groups attached to an aromatic ring is 1. The van der Waals surface area contributed by atoms with E-state index in [9.17, 15) is 9.60 Å². The Bertz CT molecular complexity index is 1910. The molecule has 0 fully saturated rings. The minimum absolute atomic E-state index is 0.0367.